The number of aryl methyl sites for hydroxylation is 1. The molecule has 0 fully saturated rings. The molecule has 2 heteroatoms. The van der Waals surface area contributed by atoms with Crippen molar-refractivity contribution in [2.75, 3.05) is 0 Å². The van der Waals surface area contributed by atoms with Gasteiger partial charge in [0.15, 0.2) is 0 Å². The lowest BCUT2D eigenvalue weighted by molar-refractivity contribution is 1.32. The maximum Gasteiger partial charge on any atom is 0.0837 e. The third kappa shape index (κ3) is 2.71. The lowest BCUT2D eigenvalue weighted by atomic mass is 10.0. The van der Waals surface area contributed by atoms with Gasteiger partial charge in [-0.3, -0.25) is 4.98 Å². The molecule has 1 nitrogen and oxygen atoms in total. The molecular weight excluding hydrogens is 298 g/mol. The molecule has 1 aromatic heterocycles. The Labute approximate surface area is 140 Å². The molecule has 0 aliphatic heterocycles. The molecule has 0 spiro atoms. The van der Waals surface area contributed by atoms with Gasteiger partial charge in [0.05, 0.1) is 5.52 Å². The summed E-state index contributed by atoms with van der Waals surface area (Å²) in [7, 11) is 0. The van der Waals surface area contributed by atoms with E-state index in [-0.39, 0.29) is 0 Å². The number of para-hydroxylation sites is 1. The summed E-state index contributed by atoms with van der Waals surface area (Å²) in [6.07, 6.45) is 1.87. The van der Waals surface area contributed by atoms with E-state index >= 15 is 0 Å². The van der Waals surface area contributed by atoms with Crippen molar-refractivity contribution in [1.82, 2.24) is 4.98 Å². The number of hydrogen-bond acceptors (Lipinski definition) is 2. The van der Waals surface area contributed by atoms with E-state index in [0.29, 0.717) is 0 Å². The predicted octanol–water partition coefficient (Wildman–Crippen LogP) is 5.99. The highest BCUT2D eigenvalue weighted by atomic mass is 32.2. The quantitative estimate of drug-likeness (QED) is 0.431. The first-order valence-electron chi connectivity index (χ1n) is 7.77. The fraction of sp³-hybridized carbons (Fsp3) is 0.0952. The normalized spacial score (nSPS) is 11.2. The van der Waals surface area contributed by atoms with E-state index in [0.717, 1.165) is 11.3 Å². The summed E-state index contributed by atoms with van der Waals surface area (Å²) in [6, 6.07) is 23.6. The zero-order valence-electron chi connectivity index (χ0n) is 13.0. The summed E-state index contributed by atoms with van der Waals surface area (Å²) in [4.78, 5) is 5.80. The van der Waals surface area contributed by atoms with Crippen LogP contribution in [0.15, 0.2) is 77.8 Å². The van der Waals surface area contributed by atoms with Crippen LogP contribution in [0.3, 0.4) is 0 Å². The third-order valence-electron chi connectivity index (χ3n) is 4.24. The van der Waals surface area contributed by atoms with Gasteiger partial charge in [-0.15, -0.1) is 11.8 Å². The highest BCUT2D eigenvalue weighted by Crippen LogP contribution is 2.32. The van der Waals surface area contributed by atoms with Gasteiger partial charge in [-0.1, -0.05) is 54.6 Å². The average Bonchev–Trinajstić information content (AvgIpc) is 2.61. The molecule has 0 amide bonds. The van der Waals surface area contributed by atoms with Crippen molar-refractivity contribution < 1.29 is 0 Å². The zero-order valence-corrected chi connectivity index (χ0v) is 13.8. The van der Waals surface area contributed by atoms with Crippen LogP contribution in [-0.4, -0.2) is 4.98 Å². The molecule has 0 saturated carbocycles. The molecule has 0 unspecified atom stereocenters. The van der Waals surface area contributed by atoms with Gasteiger partial charge in [0.2, 0.25) is 0 Å². The van der Waals surface area contributed by atoms with Crippen molar-refractivity contribution in [3.05, 3.63) is 84.1 Å². The molecule has 0 N–H and O–H groups in total. The zero-order chi connectivity index (χ0) is 15.6. The third-order valence-corrected chi connectivity index (χ3v) is 5.32. The second kappa shape index (κ2) is 6.05. The van der Waals surface area contributed by atoms with Gasteiger partial charge < -0.3 is 0 Å². The maximum atomic E-state index is 4.56. The fourth-order valence-corrected chi connectivity index (χ4v) is 4.14. The van der Waals surface area contributed by atoms with Gasteiger partial charge in [-0.2, -0.15) is 0 Å². The molecule has 4 rings (SSSR count). The Morgan fingerprint density at radius 1 is 0.826 bits per heavy atom. The summed E-state index contributed by atoms with van der Waals surface area (Å²) >= 11 is 1.87. The van der Waals surface area contributed by atoms with Gasteiger partial charge in [0.1, 0.15) is 0 Å². The number of rotatable bonds is 3. The molecule has 1 heterocycles. The maximum absolute atomic E-state index is 4.56. The Morgan fingerprint density at radius 3 is 2.61 bits per heavy atom. The Hall–Kier alpha value is -2.32. The Balaban J connectivity index is 1.73. The van der Waals surface area contributed by atoms with E-state index in [4.69, 9.17) is 0 Å². The predicted molar refractivity (Wildman–Crippen MR) is 100.0 cm³/mol. The van der Waals surface area contributed by atoms with Crippen LogP contribution in [0.1, 0.15) is 11.1 Å². The summed E-state index contributed by atoms with van der Waals surface area (Å²) in [6.45, 7) is 2.20. The summed E-state index contributed by atoms with van der Waals surface area (Å²) in [5.74, 6) is 0.961. The summed E-state index contributed by atoms with van der Waals surface area (Å²) in [5.41, 5.74) is 3.86. The van der Waals surface area contributed by atoms with Crippen molar-refractivity contribution in [2.45, 2.75) is 17.6 Å². The van der Waals surface area contributed by atoms with E-state index in [1.54, 1.807) is 0 Å². The van der Waals surface area contributed by atoms with Crippen molar-refractivity contribution in [3.8, 4) is 0 Å². The number of pyridine rings is 1. The number of fused-ring (bicyclic) bond motifs is 2. The van der Waals surface area contributed by atoms with E-state index in [1.165, 1.54) is 32.2 Å². The minimum absolute atomic E-state index is 0.961. The van der Waals surface area contributed by atoms with Gasteiger partial charge in [-0.05, 0) is 41.0 Å². The van der Waals surface area contributed by atoms with Crippen molar-refractivity contribution in [1.29, 1.82) is 0 Å². The lowest BCUT2D eigenvalue weighted by Crippen LogP contribution is -1.90. The van der Waals surface area contributed by atoms with Crippen LogP contribution < -0.4 is 0 Å². The molecule has 23 heavy (non-hydrogen) atoms. The smallest absolute Gasteiger partial charge is 0.0837 e. The Kier molecular flexibility index (Phi) is 3.76. The summed E-state index contributed by atoms with van der Waals surface area (Å²) in [5, 5.41) is 3.87. The first-order chi connectivity index (χ1) is 11.3. The molecule has 0 saturated heterocycles. The standard InChI is InChI=1S/C21H17NS/c1-15-11-12-16-6-2-3-9-18(16)19(15)14-23-20-10-4-7-17-8-5-13-22-21(17)20/h2-13H,14H2,1H3. The SMILES string of the molecule is Cc1ccc2ccccc2c1CSc1cccc2cccnc12. The number of nitrogens with zero attached hydrogens (tertiary/aromatic N) is 1. The highest BCUT2D eigenvalue weighted by molar-refractivity contribution is 7.98. The number of aromatic nitrogens is 1. The molecule has 0 bridgehead atoms. The molecule has 112 valence electrons. The van der Waals surface area contributed by atoms with Crippen molar-refractivity contribution in [3.63, 3.8) is 0 Å². The average molecular weight is 315 g/mol. The topological polar surface area (TPSA) is 12.9 Å². The van der Waals surface area contributed by atoms with Gasteiger partial charge in [-0.25, -0.2) is 0 Å². The highest BCUT2D eigenvalue weighted by Gasteiger charge is 2.07. The van der Waals surface area contributed by atoms with E-state index in [9.17, 15) is 0 Å². The Bertz CT molecular complexity index is 986. The van der Waals surface area contributed by atoms with Gasteiger partial charge in [0.25, 0.3) is 0 Å². The van der Waals surface area contributed by atoms with Crippen LogP contribution in [0.25, 0.3) is 21.7 Å². The van der Waals surface area contributed by atoms with E-state index in [1.807, 2.05) is 24.0 Å². The number of thioether (sulfide) groups is 1. The van der Waals surface area contributed by atoms with Gasteiger partial charge in [0, 0.05) is 22.2 Å². The molecule has 0 aliphatic carbocycles. The lowest BCUT2D eigenvalue weighted by Gasteiger charge is -2.11. The molecule has 3 aromatic carbocycles. The first-order valence-corrected chi connectivity index (χ1v) is 8.75. The fourth-order valence-electron chi connectivity index (χ4n) is 2.98. The van der Waals surface area contributed by atoms with Crippen LogP contribution >= 0.6 is 11.8 Å². The van der Waals surface area contributed by atoms with Crippen LogP contribution in [0.4, 0.5) is 0 Å². The van der Waals surface area contributed by atoms with Crippen LogP contribution in [0.2, 0.25) is 0 Å². The largest absolute Gasteiger partial charge is 0.255 e. The minimum atomic E-state index is 0.961. The van der Waals surface area contributed by atoms with E-state index in [2.05, 4.69) is 72.6 Å². The van der Waals surface area contributed by atoms with Crippen LogP contribution in [-0.2, 0) is 5.75 Å². The second-order valence-electron chi connectivity index (χ2n) is 5.70. The Morgan fingerprint density at radius 2 is 1.65 bits per heavy atom. The molecule has 0 radical (unpaired) electrons. The van der Waals surface area contributed by atoms with Crippen LogP contribution in [0.5, 0.6) is 0 Å². The first kappa shape index (κ1) is 14.3. The molecular formula is C21H17NS. The minimum Gasteiger partial charge on any atom is -0.255 e. The second-order valence-corrected chi connectivity index (χ2v) is 6.72. The van der Waals surface area contributed by atoms with Crippen molar-refractivity contribution >= 4 is 33.4 Å². The molecule has 0 aliphatic rings. The molecule has 0 atom stereocenters. The molecule has 4 aromatic rings. The van der Waals surface area contributed by atoms with E-state index < -0.39 is 0 Å². The van der Waals surface area contributed by atoms with Crippen molar-refractivity contribution in [2.24, 2.45) is 0 Å². The monoisotopic (exact) mass is 315 g/mol. The summed E-state index contributed by atoms with van der Waals surface area (Å²) < 4.78 is 0. The number of benzene rings is 3. The number of hydrogen-bond donors (Lipinski definition) is 0. The van der Waals surface area contributed by atoms with Gasteiger partial charge >= 0.3 is 0 Å². The van der Waals surface area contributed by atoms with Crippen LogP contribution in [0, 0.1) is 6.92 Å².